The number of hydrogen-bond acceptors (Lipinski definition) is 4. The summed E-state index contributed by atoms with van der Waals surface area (Å²) in [7, 11) is -3.75. The Kier molecular flexibility index (Phi) is 7.02. The lowest BCUT2D eigenvalue weighted by Crippen LogP contribution is -2.15. The third kappa shape index (κ3) is 5.65. The largest absolute Gasteiger partial charge is 0.493 e. The smallest absolute Gasteiger partial charge is 0.261 e. The number of carbonyl (C=O) groups is 1. The van der Waals surface area contributed by atoms with Crippen LogP contribution in [-0.4, -0.2) is 20.9 Å². The van der Waals surface area contributed by atoms with Crippen molar-refractivity contribution in [2.75, 3.05) is 16.6 Å². The SMILES string of the molecule is CCOc1ccc(Br)cc1C(=O)Nc1ccc(S(=O)(=O)Nc2ccc(C)cc2C)cc1. The predicted molar refractivity (Wildman–Crippen MR) is 126 cm³/mol. The van der Waals surface area contributed by atoms with E-state index in [0.717, 1.165) is 15.6 Å². The average molecular weight is 503 g/mol. The molecule has 0 bridgehead atoms. The summed E-state index contributed by atoms with van der Waals surface area (Å²) < 4.78 is 34.3. The fourth-order valence-corrected chi connectivity index (χ4v) is 4.50. The van der Waals surface area contributed by atoms with Crippen LogP contribution in [0.15, 0.2) is 70.0 Å². The van der Waals surface area contributed by atoms with Crippen molar-refractivity contribution in [1.29, 1.82) is 0 Å². The summed E-state index contributed by atoms with van der Waals surface area (Å²) in [5, 5.41) is 2.77. The predicted octanol–water partition coefficient (Wildman–Crippen LogP) is 5.52. The molecule has 0 spiro atoms. The fraction of sp³-hybridized carbons (Fsp3) is 0.174. The second-order valence-corrected chi connectivity index (χ2v) is 9.57. The van der Waals surface area contributed by atoms with Crippen LogP contribution < -0.4 is 14.8 Å². The number of rotatable bonds is 7. The third-order valence-electron chi connectivity index (χ3n) is 4.53. The van der Waals surface area contributed by atoms with Gasteiger partial charge in [0.25, 0.3) is 15.9 Å². The number of benzene rings is 3. The first-order valence-electron chi connectivity index (χ1n) is 9.63. The van der Waals surface area contributed by atoms with E-state index in [1.807, 2.05) is 32.9 Å². The number of nitrogens with one attached hydrogen (secondary N) is 2. The lowest BCUT2D eigenvalue weighted by Gasteiger charge is -2.13. The van der Waals surface area contributed by atoms with E-state index in [2.05, 4.69) is 26.0 Å². The number of ether oxygens (including phenoxy) is 1. The van der Waals surface area contributed by atoms with E-state index in [-0.39, 0.29) is 10.8 Å². The Bertz CT molecular complexity index is 1210. The average Bonchev–Trinajstić information content (AvgIpc) is 2.72. The van der Waals surface area contributed by atoms with E-state index in [1.54, 1.807) is 36.4 Å². The summed E-state index contributed by atoms with van der Waals surface area (Å²) in [5.41, 5.74) is 3.27. The minimum atomic E-state index is -3.75. The highest BCUT2D eigenvalue weighted by Crippen LogP contribution is 2.25. The van der Waals surface area contributed by atoms with Crippen molar-refractivity contribution in [2.24, 2.45) is 0 Å². The molecule has 162 valence electrons. The van der Waals surface area contributed by atoms with Gasteiger partial charge in [-0.1, -0.05) is 33.6 Å². The van der Waals surface area contributed by atoms with E-state index in [0.29, 0.717) is 29.3 Å². The van der Waals surface area contributed by atoms with Gasteiger partial charge < -0.3 is 10.1 Å². The molecule has 3 aromatic rings. The molecule has 0 aliphatic carbocycles. The Morgan fingerprint density at radius 1 is 1.00 bits per heavy atom. The number of anilines is 2. The van der Waals surface area contributed by atoms with Crippen molar-refractivity contribution in [3.8, 4) is 5.75 Å². The Morgan fingerprint density at radius 2 is 1.71 bits per heavy atom. The zero-order valence-electron chi connectivity index (χ0n) is 17.4. The van der Waals surface area contributed by atoms with Gasteiger partial charge in [0, 0.05) is 10.2 Å². The van der Waals surface area contributed by atoms with Gasteiger partial charge in [0.15, 0.2) is 0 Å². The molecule has 0 saturated carbocycles. The van der Waals surface area contributed by atoms with Crippen LogP contribution in [0.4, 0.5) is 11.4 Å². The van der Waals surface area contributed by atoms with Crippen LogP contribution in [0.2, 0.25) is 0 Å². The second kappa shape index (κ2) is 9.53. The standard InChI is InChI=1S/C23H23BrN2O4S/c1-4-30-22-12-6-17(24)14-20(22)23(27)25-18-7-9-19(10-8-18)31(28,29)26-21-11-5-15(2)13-16(21)3/h5-14,26H,4H2,1-3H3,(H,25,27). The molecule has 3 rings (SSSR count). The molecule has 31 heavy (non-hydrogen) atoms. The molecule has 8 heteroatoms. The maximum absolute atomic E-state index is 12.7. The number of hydrogen-bond donors (Lipinski definition) is 2. The number of carbonyl (C=O) groups excluding carboxylic acids is 1. The maximum atomic E-state index is 12.7. The number of amides is 1. The molecule has 0 heterocycles. The van der Waals surface area contributed by atoms with Crippen LogP contribution in [0.25, 0.3) is 0 Å². The Hall–Kier alpha value is -2.84. The Balaban J connectivity index is 1.77. The summed E-state index contributed by atoms with van der Waals surface area (Å²) in [5.74, 6) is 0.119. The van der Waals surface area contributed by atoms with Crippen LogP contribution >= 0.6 is 15.9 Å². The maximum Gasteiger partial charge on any atom is 0.261 e. The first kappa shape index (κ1) is 22.8. The molecule has 3 aromatic carbocycles. The second-order valence-electron chi connectivity index (χ2n) is 6.98. The fourth-order valence-electron chi connectivity index (χ4n) is 3.01. The van der Waals surface area contributed by atoms with Gasteiger partial charge in [-0.15, -0.1) is 0 Å². The number of aryl methyl sites for hydroxylation is 2. The molecule has 0 aromatic heterocycles. The number of sulfonamides is 1. The van der Waals surface area contributed by atoms with Gasteiger partial charge in [-0.05, 0) is 74.9 Å². The van der Waals surface area contributed by atoms with Gasteiger partial charge in [-0.3, -0.25) is 9.52 Å². The minimum Gasteiger partial charge on any atom is -0.493 e. The molecule has 2 N–H and O–H groups in total. The van der Waals surface area contributed by atoms with Crippen LogP contribution in [0.3, 0.4) is 0 Å². The van der Waals surface area contributed by atoms with Gasteiger partial charge >= 0.3 is 0 Å². The van der Waals surface area contributed by atoms with E-state index in [4.69, 9.17) is 4.74 Å². The highest BCUT2D eigenvalue weighted by molar-refractivity contribution is 9.10. The molecule has 0 aliphatic rings. The summed E-state index contributed by atoms with van der Waals surface area (Å²) in [6.07, 6.45) is 0. The van der Waals surface area contributed by atoms with Crippen LogP contribution in [0.1, 0.15) is 28.4 Å². The molecule has 0 atom stereocenters. The van der Waals surface area contributed by atoms with Crippen LogP contribution in [0.5, 0.6) is 5.75 Å². The summed E-state index contributed by atoms with van der Waals surface area (Å²) in [6, 6.07) is 16.7. The van der Waals surface area contributed by atoms with Gasteiger partial charge in [-0.2, -0.15) is 0 Å². The Morgan fingerprint density at radius 3 is 2.35 bits per heavy atom. The lowest BCUT2D eigenvalue weighted by atomic mass is 10.1. The van der Waals surface area contributed by atoms with Crippen molar-refractivity contribution < 1.29 is 17.9 Å². The van der Waals surface area contributed by atoms with E-state index in [1.165, 1.54) is 12.1 Å². The van der Waals surface area contributed by atoms with E-state index >= 15 is 0 Å². The molecular formula is C23H23BrN2O4S. The normalized spacial score (nSPS) is 11.1. The molecule has 1 amide bonds. The van der Waals surface area contributed by atoms with Crippen LogP contribution in [0, 0.1) is 13.8 Å². The molecule has 0 aliphatic heterocycles. The zero-order chi connectivity index (χ0) is 22.6. The van der Waals surface area contributed by atoms with Gasteiger partial charge in [0.1, 0.15) is 5.75 Å². The van der Waals surface area contributed by atoms with E-state index in [9.17, 15) is 13.2 Å². The lowest BCUT2D eigenvalue weighted by molar-refractivity contribution is 0.102. The van der Waals surface area contributed by atoms with Crippen molar-refractivity contribution in [3.63, 3.8) is 0 Å². The van der Waals surface area contributed by atoms with Crippen molar-refractivity contribution in [2.45, 2.75) is 25.7 Å². The van der Waals surface area contributed by atoms with E-state index < -0.39 is 10.0 Å². The van der Waals surface area contributed by atoms with Gasteiger partial charge in [-0.25, -0.2) is 8.42 Å². The minimum absolute atomic E-state index is 0.0999. The van der Waals surface area contributed by atoms with Crippen molar-refractivity contribution >= 4 is 43.2 Å². The van der Waals surface area contributed by atoms with Gasteiger partial charge in [0.2, 0.25) is 0 Å². The summed E-state index contributed by atoms with van der Waals surface area (Å²) in [6.45, 7) is 6.07. The van der Waals surface area contributed by atoms with Crippen molar-refractivity contribution in [3.05, 3.63) is 81.8 Å². The van der Waals surface area contributed by atoms with Crippen molar-refractivity contribution in [1.82, 2.24) is 0 Å². The molecule has 6 nitrogen and oxygen atoms in total. The Labute approximate surface area is 190 Å². The first-order valence-corrected chi connectivity index (χ1v) is 11.9. The first-order chi connectivity index (χ1) is 14.7. The molecule has 0 fully saturated rings. The van der Waals surface area contributed by atoms with Crippen LogP contribution in [-0.2, 0) is 10.0 Å². The highest BCUT2D eigenvalue weighted by atomic mass is 79.9. The molecule has 0 unspecified atom stereocenters. The summed E-state index contributed by atoms with van der Waals surface area (Å²) >= 11 is 3.36. The highest BCUT2D eigenvalue weighted by Gasteiger charge is 2.17. The quantitative estimate of drug-likeness (QED) is 0.445. The zero-order valence-corrected chi connectivity index (χ0v) is 19.8. The topological polar surface area (TPSA) is 84.5 Å². The molecule has 0 saturated heterocycles. The summed E-state index contributed by atoms with van der Waals surface area (Å²) in [4.78, 5) is 12.8. The molecular weight excluding hydrogens is 480 g/mol. The monoisotopic (exact) mass is 502 g/mol. The van der Waals surface area contributed by atoms with Gasteiger partial charge in [0.05, 0.1) is 22.8 Å². The third-order valence-corrected chi connectivity index (χ3v) is 6.41. The number of halogens is 1. The molecule has 0 radical (unpaired) electrons.